The Bertz CT molecular complexity index is 825. The second kappa shape index (κ2) is 6.93. The van der Waals surface area contributed by atoms with Crippen LogP contribution in [-0.4, -0.2) is 43.2 Å². The number of amides is 1. The van der Waals surface area contributed by atoms with Crippen molar-refractivity contribution in [1.82, 2.24) is 24.2 Å². The van der Waals surface area contributed by atoms with Gasteiger partial charge in [0.2, 0.25) is 0 Å². The first-order chi connectivity index (χ1) is 12.3. The quantitative estimate of drug-likeness (QED) is 0.719. The third kappa shape index (κ3) is 3.33. The fourth-order valence-corrected chi connectivity index (χ4v) is 3.41. The van der Waals surface area contributed by atoms with Crippen molar-refractivity contribution in [3.8, 4) is 0 Å². The Hall–Kier alpha value is -2.89. The molecule has 1 atom stereocenters. The van der Waals surface area contributed by atoms with E-state index in [0.29, 0.717) is 6.54 Å². The van der Waals surface area contributed by atoms with Gasteiger partial charge >= 0.3 is 0 Å². The van der Waals surface area contributed by atoms with Crippen LogP contribution in [0.4, 0.5) is 0 Å². The van der Waals surface area contributed by atoms with Crippen LogP contribution in [0.2, 0.25) is 0 Å². The zero-order chi connectivity index (χ0) is 17.1. The Morgan fingerprint density at radius 3 is 2.84 bits per heavy atom. The van der Waals surface area contributed by atoms with Gasteiger partial charge in [-0.25, -0.2) is 9.67 Å². The molecule has 3 heterocycles. The Balaban J connectivity index is 1.42. The third-order valence-electron chi connectivity index (χ3n) is 4.79. The molecule has 1 amide bonds. The van der Waals surface area contributed by atoms with Crippen molar-refractivity contribution in [2.24, 2.45) is 0 Å². The predicted molar refractivity (Wildman–Crippen MR) is 94.2 cm³/mol. The summed E-state index contributed by atoms with van der Waals surface area (Å²) in [7, 11) is 0. The SMILES string of the molecule is O=C(c1cccn1CCc1ccccc1)N1CC[C@H](n2cncn2)C1. The molecule has 0 unspecified atom stereocenters. The summed E-state index contributed by atoms with van der Waals surface area (Å²) in [6.45, 7) is 2.25. The van der Waals surface area contributed by atoms with Crippen LogP contribution >= 0.6 is 0 Å². The number of aromatic nitrogens is 4. The molecular weight excluding hydrogens is 314 g/mol. The summed E-state index contributed by atoms with van der Waals surface area (Å²) in [4.78, 5) is 18.8. The Kier molecular flexibility index (Phi) is 4.33. The van der Waals surface area contributed by atoms with Gasteiger partial charge in [0.15, 0.2) is 0 Å². The fraction of sp³-hybridized carbons (Fsp3) is 0.316. The largest absolute Gasteiger partial charge is 0.343 e. The molecule has 1 saturated heterocycles. The van der Waals surface area contributed by atoms with Crippen molar-refractivity contribution in [2.75, 3.05) is 13.1 Å². The van der Waals surface area contributed by atoms with Crippen LogP contribution in [0.25, 0.3) is 0 Å². The lowest BCUT2D eigenvalue weighted by atomic mass is 10.1. The summed E-state index contributed by atoms with van der Waals surface area (Å²) >= 11 is 0. The van der Waals surface area contributed by atoms with Gasteiger partial charge in [0.25, 0.3) is 5.91 Å². The van der Waals surface area contributed by atoms with Gasteiger partial charge in [0.1, 0.15) is 18.3 Å². The summed E-state index contributed by atoms with van der Waals surface area (Å²) in [5, 5.41) is 4.20. The van der Waals surface area contributed by atoms with Crippen molar-refractivity contribution in [2.45, 2.75) is 25.4 Å². The highest BCUT2D eigenvalue weighted by Crippen LogP contribution is 2.22. The summed E-state index contributed by atoms with van der Waals surface area (Å²) in [6, 6.07) is 14.4. The van der Waals surface area contributed by atoms with Crippen LogP contribution in [0.1, 0.15) is 28.5 Å². The molecule has 6 nitrogen and oxygen atoms in total. The van der Waals surface area contributed by atoms with Gasteiger partial charge in [0, 0.05) is 25.8 Å². The van der Waals surface area contributed by atoms with Gasteiger partial charge in [0.05, 0.1) is 6.04 Å². The van der Waals surface area contributed by atoms with Crippen molar-refractivity contribution >= 4 is 5.91 Å². The zero-order valence-electron chi connectivity index (χ0n) is 14.0. The lowest BCUT2D eigenvalue weighted by Crippen LogP contribution is -2.31. The molecule has 0 bridgehead atoms. The first-order valence-corrected chi connectivity index (χ1v) is 8.64. The van der Waals surface area contributed by atoms with Gasteiger partial charge in [-0.15, -0.1) is 0 Å². The molecule has 0 N–H and O–H groups in total. The highest BCUT2D eigenvalue weighted by atomic mass is 16.2. The van der Waals surface area contributed by atoms with Gasteiger partial charge in [-0.05, 0) is 30.5 Å². The molecule has 1 aliphatic rings. The molecule has 1 aliphatic heterocycles. The summed E-state index contributed by atoms with van der Waals surface area (Å²) in [5.74, 6) is 0.0978. The minimum Gasteiger partial charge on any atom is -0.343 e. The van der Waals surface area contributed by atoms with E-state index in [1.807, 2.05) is 46.1 Å². The third-order valence-corrected chi connectivity index (χ3v) is 4.79. The van der Waals surface area contributed by atoms with Crippen LogP contribution in [0.15, 0.2) is 61.3 Å². The molecule has 25 heavy (non-hydrogen) atoms. The number of carbonyl (C=O) groups excluding carboxylic acids is 1. The predicted octanol–water partition coefficient (Wildman–Crippen LogP) is 2.41. The maximum absolute atomic E-state index is 12.9. The molecule has 1 fully saturated rings. The van der Waals surface area contributed by atoms with Crippen LogP contribution in [-0.2, 0) is 13.0 Å². The molecule has 6 heteroatoms. The fourth-order valence-electron chi connectivity index (χ4n) is 3.41. The van der Waals surface area contributed by atoms with E-state index in [9.17, 15) is 4.79 Å². The smallest absolute Gasteiger partial charge is 0.270 e. The van der Waals surface area contributed by atoms with E-state index in [-0.39, 0.29) is 11.9 Å². The molecule has 0 saturated carbocycles. The van der Waals surface area contributed by atoms with Gasteiger partial charge in [-0.1, -0.05) is 30.3 Å². The van der Waals surface area contributed by atoms with Crippen LogP contribution in [0.5, 0.6) is 0 Å². The first kappa shape index (κ1) is 15.6. The molecule has 0 aliphatic carbocycles. The normalized spacial score (nSPS) is 17.1. The molecule has 128 valence electrons. The number of rotatable bonds is 5. The van der Waals surface area contributed by atoms with E-state index < -0.39 is 0 Å². The molecule has 2 aromatic heterocycles. The molecule has 4 rings (SSSR count). The maximum Gasteiger partial charge on any atom is 0.270 e. The summed E-state index contributed by atoms with van der Waals surface area (Å²) in [6.07, 6.45) is 7.08. The highest BCUT2D eigenvalue weighted by molar-refractivity contribution is 5.93. The van der Waals surface area contributed by atoms with E-state index in [1.165, 1.54) is 5.56 Å². The molecule has 0 radical (unpaired) electrons. The van der Waals surface area contributed by atoms with Crippen LogP contribution in [0.3, 0.4) is 0 Å². The standard InChI is InChI=1S/C19H21N5O/c25-19(23-12-9-17(13-23)24-15-20-14-21-24)18-7-4-10-22(18)11-8-16-5-2-1-3-6-16/h1-7,10,14-15,17H,8-9,11-13H2/t17-/m0/s1. The second-order valence-electron chi connectivity index (χ2n) is 6.39. The molecule has 3 aromatic rings. The van der Waals surface area contributed by atoms with E-state index in [2.05, 4.69) is 26.8 Å². The van der Waals surface area contributed by atoms with E-state index in [4.69, 9.17) is 0 Å². The number of hydrogen-bond acceptors (Lipinski definition) is 3. The molecular formula is C19H21N5O. The monoisotopic (exact) mass is 335 g/mol. The van der Waals surface area contributed by atoms with E-state index in [0.717, 1.165) is 31.6 Å². The van der Waals surface area contributed by atoms with Crippen molar-refractivity contribution in [3.63, 3.8) is 0 Å². The molecule has 0 spiro atoms. The average molecular weight is 335 g/mol. The number of hydrogen-bond donors (Lipinski definition) is 0. The van der Waals surface area contributed by atoms with Crippen LogP contribution < -0.4 is 0 Å². The minimum atomic E-state index is 0.0978. The number of benzene rings is 1. The lowest BCUT2D eigenvalue weighted by molar-refractivity contribution is 0.0776. The van der Waals surface area contributed by atoms with Crippen LogP contribution in [0, 0.1) is 0 Å². The number of nitrogens with zero attached hydrogens (tertiary/aromatic N) is 5. The summed E-state index contributed by atoms with van der Waals surface area (Å²) in [5.41, 5.74) is 2.04. The Morgan fingerprint density at radius 2 is 2.04 bits per heavy atom. The van der Waals surface area contributed by atoms with Gasteiger partial charge < -0.3 is 9.47 Å². The first-order valence-electron chi connectivity index (χ1n) is 8.64. The minimum absolute atomic E-state index is 0.0978. The number of carbonyl (C=O) groups is 1. The number of aryl methyl sites for hydroxylation is 2. The lowest BCUT2D eigenvalue weighted by Gasteiger charge is -2.18. The van der Waals surface area contributed by atoms with Crippen molar-refractivity contribution in [3.05, 3.63) is 72.6 Å². The van der Waals surface area contributed by atoms with Gasteiger partial charge in [-0.2, -0.15) is 5.10 Å². The topological polar surface area (TPSA) is 56.0 Å². The zero-order valence-corrected chi connectivity index (χ0v) is 14.0. The Labute approximate surface area is 146 Å². The maximum atomic E-state index is 12.9. The van der Waals surface area contributed by atoms with E-state index >= 15 is 0 Å². The van der Waals surface area contributed by atoms with E-state index in [1.54, 1.807) is 12.7 Å². The summed E-state index contributed by atoms with van der Waals surface area (Å²) < 4.78 is 3.90. The van der Waals surface area contributed by atoms with Gasteiger partial charge in [-0.3, -0.25) is 4.79 Å². The number of likely N-dealkylation sites (tertiary alicyclic amines) is 1. The Morgan fingerprint density at radius 1 is 1.16 bits per heavy atom. The van der Waals surface area contributed by atoms with Crippen molar-refractivity contribution < 1.29 is 4.79 Å². The molecule has 1 aromatic carbocycles. The second-order valence-corrected chi connectivity index (χ2v) is 6.39. The highest BCUT2D eigenvalue weighted by Gasteiger charge is 2.29. The van der Waals surface area contributed by atoms with Crippen molar-refractivity contribution in [1.29, 1.82) is 0 Å². The average Bonchev–Trinajstić information content (AvgIpc) is 3.41.